The number of benzene rings is 2. The van der Waals surface area contributed by atoms with Gasteiger partial charge in [0.15, 0.2) is 5.82 Å². The van der Waals surface area contributed by atoms with Gasteiger partial charge in [0.2, 0.25) is 0 Å². The first-order valence-electron chi connectivity index (χ1n) is 9.40. The summed E-state index contributed by atoms with van der Waals surface area (Å²) in [5.41, 5.74) is 3.14. The van der Waals surface area contributed by atoms with E-state index in [2.05, 4.69) is 44.7 Å². The fourth-order valence-electron chi connectivity index (χ4n) is 3.49. The van der Waals surface area contributed by atoms with Crippen LogP contribution in [-0.4, -0.2) is 35.2 Å². The normalized spacial score (nSPS) is 14.5. The lowest BCUT2D eigenvalue weighted by atomic mass is 10.0. The molecule has 4 rings (SSSR count). The van der Waals surface area contributed by atoms with E-state index in [1.54, 1.807) is 24.3 Å². The van der Waals surface area contributed by atoms with Crippen LogP contribution in [0, 0.1) is 11.3 Å². The summed E-state index contributed by atoms with van der Waals surface area (Å²) in [7, 11) is 0. The molecule has 1 aliphatic heterocycles. The van der Waals surface area contributed by atoms with Crippen LogP contribution in [0.4, 0.5) is 5.82 Å². The van der Waals surface area contributed by atoms with Gasteiger partial charge in [-0.25, -0.2) is 0 Å². The molecule has 0 saturated carbocycles. The van der Waals surface area contributed by atoms with Gasteiger partial charge < -0.3 is 10.2 Å². The van der Waals surface area contributed by atoms with Crippen LogP contribution in [-0.2, 0) is 0 Å². The van der Waals surface area contributed by atoms with Crippen molar-refractivity contribution >= 4 is 11.7 Å². The highest BCUT2D eigenvalue weighted by molar-refractivity contribution is 5.94. The summed E-state index contributed by atoms with van der Waals surface area (Å²) in [6, 6.07) is 21.2. The Balaban J connectivity index is 1.34. The molecule has 140 valence electrons. The molecule has 28 heavy (non-hydrogen) atoms. The number of anilines is 1. The van der Waals surface area contributed by atoms with Crippen molar-refractivity contribution < 1.29 is 4.79 Å². The van der Waals surface area contributed by atoms with Crippen molar-refractivity contribution in [1.29, 1.82) is 5.26 Å². The molecule has 1 saturated heterocycles. The summed E-state index contributed by atoms with van der Waals surface area (Å²) in [5.74, 6) is 0.812. The van der Waals surface area contributed by atoms with Gasteiger partial charge in [-0.2, -0.15) is 10.4 Å². The van der Waals surface area contributed by atoms with Crippen molar-refractivity contribution in [3.63, 3.8) is 0 Å². The fraction of sp³-hybridized carbons (Fsp3) is 0.227. The number of rotatable bonds is 4. The number of aromatic nitrogens is 2. The molecule has 6 heteroatoms. The molecule has 2 aromatic carbocycles. The molecule has 0 spiro atoms. The van der Waals surface area contributed by atoms with Crippen molar-refractivity contribution in [1.82, 2.24) is 15.5 Å². The third kappa shape index (κ3) is 3.89. The van der Waals surface area contributed by atoms with Crippen LogP contribution < -0.4 is 10.2 Å². The maximum absolute atomic E-state index is 12.4. The van der Waals surface area contributed by atoms with E-state index in [1.807, 2.05) is 18.2 Å². The number of nitriles is 1. The van der Waals surface area contributed by atoms with Gasteiger partial charge in [-0.15, -0.1) is 0 Å². The SMILES string of the molecule is N#Cc1cccc(C(=O)NC2CCN(c3cc(-c4ccccc4)[nH]n3)CC2)c1. The second-order valence-electron chi connectivity index (χ2n) is 6.93. The van der Waals surface area contributed by atoms with E-state index >= 15 is 0 Å². The minimum Gasteiger partial charge on any atom is -0.355 e. The predicted molar refractivity (Wildman–Crippen MR) is 108 cm³/mol. The molecule has 3 aromatic rings. The maximum Gasteiger partial charge on any atom is 0.251 e. The van der Waals surface area contributed by atoms with Crippen molar-refractivity contribution in [3.05, 3.63) is 71.8 Å². The summed E-state index contributed by atoms with van der Waals surface area (Å²) in [5, 5.41) is 19.6. The topological polar surface area (TPSA) is 84.8 Å². The van der Waals surface area contributed by atoms with Gasteiger partial charge >= 0.3 is 0 Å². The van der Waals surface area contributed by atoms with Gasteiger partial charge in [0, 0.05) is 30.8 Å². The number of nitrogens with one attached hydrogen (secondary N) is 2. The summed E-state index contributed by atoms with van der Waals surface area (Å²) < 4.78 is 0. The minimum atomic E-state index is -0.123. The van der Waals surface area contributed by atoms with E-state index in [9.17, 15) is 4.79 Å². The van der Waals surface area contributed by atoms with Gasteiger partial charge in [0.25, 0.3) is 5.91 Å². The van der Waals surface area contributed by atoms with Gasteiger partial charge in [-0.3, -0.25) is 9.89 Å². The third-order valence-electron chi connectivity index (χ3n) is 5.06. The highest BCUT2D eigenvalue weighted by Gasteiger charge is 2.23. The number of carbonyl (C=O) groups is 1. The van der Waals surface area contributed by atoms with Crippen LogP contribution in [0.5, 0.6) is 0 Å². The first kappa shape index (κ1) is 17.8. The Kier molecular flexibility index (Phi) is 5.07. The molecule has 6 nitrogen and oxygen atoms in total. The first-order valence-corrected chi connectivity index (χ1v) is 9.40. The van der Waals surface area contributed by atoms with Crippen LogP contribution in [0.2, 0.25) is 0 Å². The van der Waals surface area contributed by atoms with Crippen LogP contribution >= 0.6 is 0 Å². The standard InChI is InChI=1S/C22H21N5O/c23-15-16-5-4-8-18(13-16)22(28)24-19-9-11-27(12-10-19)21-14-20(25-26-21)17-6-2-1-3-7-17/h1-8,13-14,19H,9-12H2,(H,24,28)(H,25,26). The van der Waals surface area contributed by atoms with E-state index in [0.29, 0.717) is 11.1 Å². The van der Waals surface area contributed by atoms with Gasteiger partial charge in [-0.1, -0.05) is 36.4 Å². The van der Waals surface area contributed by atoms with Crippen LogP contribution in [0.25, 0.3) is 11.3 Å². The Labute approximate surface area is 163 Å². The lowest BCUT2D eigenvalue weighted by molar-refractivity contribution is 0.0931. The number of hydrogen-bond donors (Lipinski definition) is 2. The van der Waals surface area contributed by atoms with E-state index < -0.39 is 0 Å². The number of amides is 1. The molecular formula is C22H21N5O. The number of carbonyl (C=O) groups excluding carboxylic acids is 1. The zero-order chi connectivity index (χ0) is 19.3. The van der Waals surface area contributed by atoms with Crippen molar-refractivity contribution in [2.24, 2.45) is 0 Å². The monoisotopic (exact) mass is 371 g/mol. The van der Waals surface area contributed by atoms with Crippen LogP contribution in [0.15, 0.2) is 60.7 Å². The second kappa shape index (κ2) is 7.97. The Bertz CT molecular complexity index is 997. The summed E-state index contributed by atoms with van der Waals surface area (Å²) >= 11 is 0. The molecule has 0 radical (unpaired) electrons. The largest absolute Gasteiger partial charge is 0.355 e. The van der Waals surface area contributed by atoms with E-state index in [1.165, 1.54) is 0 Å². The zero-order valence-electron chi connectivity index (χ0n) is 15.4. The van der Waals surface area contributed by atoms with Gasteiger partial charge in [0.05, 0.1) is 17.3 Å². The molecule has 0 unspecified atom stereocenters. The average Bonchev–Trinajstić information content (AvgIpc) is 3.25. The first-order chi connectivity index (χ1) is 13.7. The molecule has 0 bridgehead atoms. The number of nitrogens with zero attached hydrogens (tertiary/aromatic N) is 3. The van der Waals surface area contributed by atoms with Crippen molar-refractivity contribution in [2.45, 2.75) is 18.9 Å². The summed E-state index contributed by atoms with van der Waals surface area (Å²) in [4.78, 5) is 14.7. The fourth-order valence-corrected chi connectivity index (χ4v) is 3.49. The van der Waals surface area contributed by atoms with Crippen LogP contribution in [0.1, 0.15) is 28.8 Å². The van der Waals surface area contributed by atoms with Crippen LogP contribution in [0.3, 0.4) is 0 Å². The lowest BCUT2D eigenvalue weighted by Gasteiger charge is -2.32. The molecule has 2 N–H and O–H groups in total. The zero-order valence-corrected chi connectivity index (χ0v) is 15.4. The smallest absolute Gasteiger partial charge is 0.251 e. The number of hydrogen-bond acceptors (Lipinski definition) is 4. The molecule has 0 atom stereocenters. The molecule has 2 heterocycles. The maximum atomic E-state index is 12.4. The highest BCUT2D eigenvalue weighted by Crippen LogP contribution is 2.24. The predicted octanol–water partition coefficient (Wildman–Crippen LogP) is 3.35. The number of aromatic amines is 1. The average molecular weight is 371 g/mol. The molecule has 1 amide bonds. The molecule has 1 fully saturated rings. The molecular weight excluding hydrogens is 350 g/mol. The minimum absolute atomic E-state index is 0.123. The van der Waals surface area contributed by atoms with E-state index in [0.717, 1.165) is 43.0 Å². The Morgan fingerprint density at radius 1 is 1.11 bits per heavy atom. The Hall–Kier alpha value is -3.59. The van der Waals surface area contributed by atoms with Gasteiger partial charge in [-0.05, 0) is 36.6 Å². The Morgan fingerprint density at radius 2 is 1.89 bits per heavy atom. The second-order valence-corrected chi connectivity index (χ2v) is 6.93. The van der Waals surface area contributed by atoms with Crippen molar-refractivity contribution in [2.75, 3.05) is 18.0 Å². The quantitative estimate of drug-likeness (QED) is 0.737. The highest BCUT2D eigenvalue weighted by atomic mass is 16.1. The van der Waals surface area contributed by atoms with Gasteiger partial charge in [0.1, 0.15) is 0 Å². The summed E-state index contributed by atoms with van der Waals surface area (Å²) in [6.07, 6.45) is 1.72. The van der Waals surface area contributed by atoms with E-state index in [4.69, 9.17) is 5.26 Å². The molecule has 1 aliphatic rings. The number of H-pyrrole nitrogens is 1. The molecule has 0 aliphatic carbocycles. The summed E-state index contributed by atoms with van der Waals surface area (Å²) in [6.45, 7) is 1.67. The lowest BCUT2D eigenvalue weighted by Crippen LogP contribution is -2.44. The molecule has 1 aromatic heterocycles. The Morgan fingerprint density at radius 3 is 2.64 bits per heavy atom. The van der Waals surface area contributed by atoms with Crippen molar-refractivity contribution in [3.8, 4) is 17.3 Å². The van der Waals surface area contributed by atoms with E-state index in [-0.39, 0.29) is 11.9 Å². The third-order valence-corrected chi connectivity index (χ3v) is 5.06. The number of piperidine rings is 1.